The van der Waals surface area contributed by atoms with Crippen LogP contribution in [-0.4, -0.2) is 18.2 Å². The number of aryl methyl sites for hydroxylation is 3. The van der Waals surface area contributed by atoms with E-state index in [0.717, 1.165) is 24.8 Å². The monoisotopic (exact) mass is 306 g/mol. The normalized spacial score (nSPS) is 14.3. The molecule has 1 aliphatic carbocycles. The Bertz CT molecular complexity index is 780. The fourth-order valence-corrected chi connectivity index (χ4v) is 3.66. The van der Waals surface area contributed by atoms with Crippen LogP contribution in [0.3, 0.4) is 0 Å². The summed E-state index contributed by atoms with van der Waals surface area (Å²) < 4.78 is 28.8. The zero-order valence-electron chi connectivity index (χ0n) is 11.8. The van der Waals surface area contributed by atoms with Gasteiger partial charge in [-0.25, -0.2) is 13.1 Å². The van der Waals surface area contributed by atoms with Crippen LogP contribution >= 0.6 is 0 Å². The molecule has 0 radical (unpaired) electrons. The van der Waals surface area contributed by atoms with Crippen LogP contribution in [-0.2, 0) is 36.5 Å². The van der Waals surface area contributed by atoms with Gasteiger partial charge in [0.1, 0.15) is 5.82 Å². The number of sulfonamides is 1. The van der Waals surface area contributed by atoms with Crippen LogP contribution < -0.4 is 10.5 Å². The van der Waals surface area contributed by atoms with Gasteiger partial charge in [-0.2, -0.15) is 5.10 Å². The van der Waals surface area contributed by atoms with Crippen molar-refractivity contribution in [3.63, 3.8) is 0 Å². The van der Waals surface area contributed by atoms with E-state index >= 15 is 0 Å². The lowest BCUT2D eigenvalue weighted by atomic mass is 10.1. The first kappa shape index (κ1) is 14.1. The Labute approximate surface area is 124 Å². The van der Waals surface area contributed by atoms with Crippen molar-refractivity contribution in [1.29, 1.82) is 0 Å². The molecule has 21 heavy (non-hydrogen) atoms. The van der Waals surface area contributed by atoms with E-state index in [2.05, 4.69) is 9.82 Å². The van der Waals surface area contributed by atoms with Crippen molar-refractivity contribution in [1.82, 2.24) is 14.5 Å². The van der Waals surface area contributed by atoms with Crippen LogP contribution in [0.4, 0.5) is 5.82 Å². The zero-order valence-corrected chi connectivity index (χ0v) is 12.7. The second-order valence-corrected chi connectivity index (χ2v) is 7.05. The van der Waals surface area contributed by atoms with Crippen LogP contribution in [0.25, 0.3) is 0 Å². The summed E-state index contributed by atoms with van der Waals surface area (Å²) in [5.74, 6) is 0.464. The van der Waals surface area contributed by atoms with E-state index in [1.165, 1.54) is 10.2 Å². The van der Waals surface area contributed by atoms with E-state index < -0.39 is 10.0 Å². The number of aromatic nitrogens is 2. The van der Waals surface area contributed by atoms with E-state index in [1.807, 2.05) is 6.07 Å². The average molecular weight is 306 g/mol. The molecule has 0 saturated carbocycles. The molecule has 1 aromatic heterocycles. The highest BCUT2D eigenvalue weighted by Gasteiger charge is 2.19. The first-order valence-electron chi connectivity index (χ1n) is 6.85. The minimum Gasteiger partial charge on any atom is -0.384 e. The molecular weight excluding hydrogens is 288 g/mol. The van der Waals surface area contributed by atoms with Crippen molar-refractivity contribution in [3.05, 3.63) is 41.1 Å². The molecule has 112 valence electrons. The molecule has 2 aromatic rings. The van der Waals surface area contributed by atoms with Crippen LogP contribution in [0.1, 0.15) is 23.1 Å². The highest BCUT2D eigenvalue weighted by atomic mass is 32.2. The number of fused-ring (bicyclic) bond motifs is 1. The van der Waals surface area contributed by atoms with Crippen LogP contribution in [0.2, 0.25) is 0 Å². The topological polar surface area (TPSA) is 90.0 Å². The smallest absolute Gasteiger partial charge is 0.240 e. The van der Waals surface area contributed by atoms with Gasteiger partial charge in [0.05, 0.1) is 11.1 Å². The molecule has 1 aromatic carbocycles. The number of rotatable bonds is 4. The van der Waals surface area contributed by atoms with Crippen LogP contribution in [0.5, 0.6) is 0 Å². The minimum atomic E-state index is -3.53. The standard InChI is InChI=1S/C14H18N4O2S/c1-18-14(15)12(8-16-18)9-17-21(19,20)13-6-5-10-3-2-4-11(10)7-13/h5-8,17H,2-4,9,15H2,1H3. The number of nitrogens with zero attached hydrogens (tertiary/aromatic N) is 2. The Balaban J connectivity index is 1.79. The third kappa shape index (κ3) is 2.66. The molecule has 0 aliphatic heterocycles. The summed E-state index contributed by atoms with van der Waals surface area (Å²) in [6, 6.07) is 5.35. The molecule has 0 saturated heterocycles. The molecule has 3 N–H and O–H groups in total. The van der Waals surface area contributed by atoms with E-state index in [9.17, 15) is 8.42 Å². The third-order valence-electron chi connectivity index (χ3n) is 3.90. The van der Waals surface area contributed by atoms with E-state index in [-0.39, 0.29) is 6.54 Å². The number of anilines is 1. The fourth-order valence-electron chi connectivity index (χ4n) is 2.60. The number of nitrogens with one attached hydrogen (secondary N) is 1. The van der Waals surface area contributed by atoms with Gasteiger partial charge in [0.2, 0.25) is 10.0 Å². The Hall–Kier alpha value is -1.86. The van der Waals surface area contributed by atoms with Gasteiger partial charge < -0.3 is 5.73 Å². The van der Waals surface area contributed by atoms with E-state index in [4.69, 9.17) is 5.73 Å². The molecule has 1 heterocycles. The van der Waals surface area contributed by atoms with E-state index in [1.54, 1.807) is 25.4 Å². The fraction of sp³-hybridized carbons (Fsp3) is 0.357. The summed E-state index contributed by atoms with van der Waals surface area (Å²) >= 11 is 0. The van der Waals surface area contributed by atoms with Gasteiger partial charge in [0, 0.05) is 19.2 Å². The summed E-state index contributed by atoms with van der Waals surface area (Å²) in [6.07, 6.45) is 4.66. The van der Waals surface area contributed by atoms with Gasteiger partial charge in [0.25, 0.3) is 0 Å². The maximum absolute atomic E-state index is 12.3. The van der Waals surface area contributed by atoms with Crippen molar-refractivity contribution in [2.75, 3.05) is 5.73 Å². The van der Waals surface area contributed by atoms with Gasteiger partial charge in [-0.3, -0.25) is 4.68 Å². The highest BCUT2D eigenvalue weighted by molar-refractivity contribution is 7.89. The number of benzene rings is 1. The average Bonchev–Trinajstić information content (AvgIpc) is 3.04. The molecule has 6 nitrogen and oxygen atoms in total. The predicted molar refractivity (Wildman–Crippen MR) is 80.1 cm³/mol. The molecule has 0 fully saturated rings. The molecule has 0 amide bonds. The zero-order chi connectivity index (χ0) is 15.0. The molecule has 1 aliphatic rings. The molecule has 0 unspecified atom stereocenters. The summed E-state index contributed by atoms with van der Waals surface area (Å²) in [7, 11) is -1.81. The Morgan fingerprint density at radius 1 is 1.33 bits per heavy atom. The number of nitrogens with two attached hydrogens (primary N) is 1. The van der Waals surface area contributed by atoms with E-state index in [0.29, 0.717) is 16.3 Å². The summed E-state index contributed by atoms with van der Waals surface area (Å²) in [4.78, 5) is 0.311. The number of hydrogen-bond acceptors (Lipinski definition) is 4. The van der Waals surface area contributed by atoms with Gasteiger partial charge >= 0.3 is 0 Å². The lowest BCUT2D eigenvalue weighted by Gasteiger charge is -2.08. The highest BCUT2D eigenvalue weighted by Crippen LogP contribution is 2.24. The molecule has 7 heteroatoms. The van der Waals surface area contributed by atoms with Crippen molar-refractivity contribution in [2.24, 2.45) is 7.05 Å². The quantitative estimate of drug-likeness (QED) is 0.880. The summed E-state index contributed by atoms with van der Waals surface area (Å²) in [5, 5.41) is 3.99. The Morgan fingerprint density at radius 2 is 2.10 bits per heavy atom. The second-order valence-electron chi connectivity index (χ2n) is 5.29. The predicted octanol–water partition coefficient (Wildman–Crippen LogP) is 0.969. The minimum absolute atomic E-state index is 0.138. The molecular formula is C14H18N4O2S. The molecule has 3 rings (SSSR count). The lowest BCUT2D eigenvalue weighted by molar-refractivity contribution is 0.581. The first-order chi connectivity index (χ1) is 9.97. The van der Waals surface area contributed by atoms with Crippen molar-refractivity contribution in [3.8, 4) is 0 Å². The Morgan fingerprint density at radius 3 is 2.81 bits per heavy atom. The lowest BCUT2D eigenvalue weighted by Crippen LogP contribution is -2.23. The number of hydrogen-bond donors (Lipinski definition) is 2. The maximum Gasteiger partial charge on any atom is 0.240 e. The molecule has 0 spiro atoms. The van der Waals surface area contributed by atoms with Gasteiger partial charge in [-0.15, -0.1) is 0 Å². The van der Waals surface area contributed by atoms with Crippen LogP contribution in [0.15, 0.2) is 29.3 Å². The Kier molecular flexibility index (Phi) is 3.46. The van der Waals surface area contributed by atoms with Crippen LogP contribution in [0, 0.1) is 0 Å². The largest absolute Gasteiger partial charge is 0.384 e. The maximum atomic E-state index is 12.3. The van der Waals surface area contributed by atoms with Gasteiger partial charge in [-0.05, 0) is 42.5 Å². The second kappa shape index (κ2) is 5.16. The summed E-state index contributed by atoms with van der Waals surface area (Å²) in [5.41, 5.74) is 8.87. The number of nitrogen functional groups attached to an aromatic ring is 1. The summed E-state index contributed by atoms with van der Waals surface area (Å²) in [6.45, 7) is 0.138. The van der Waals surface area contributed by atoms with Crippen molar-refractivity contribution >= 4 is 15.8 Å². The van der Waals surface area contributed by atoms with Gasteiger partial charge in [-0.1, -0.05) is 6.07 Å². The third-order valence-corrected chi connectivity index (χ3v) is 5.30. The SMILES string of the molecule is Cn1ncc(CNS(=O)(=O)c2ccc3c(c2)CCC3)c1N. The van der Waals surface area contributed by atoms with Gasteiger partial charge in [0.15, 0.2) is 0 Å². The molecule has 0 bridgehead atoms. The van der Waals surface area contributed by atoms with Crippen molar-refractivity contribution < 1.29 is 8.42 Å². The first-order valence-corrected chi connectivity index (χ1v) is 8.33. The van der Waals surface area contributed by atoms with Crippen molar-refractivity contribution in [2.45, 2.75) is 30.7 Å². The molecule has 0 atom stereocenters.